The van der Waals surface area contributed by atoms with E-state index in [1.54, 1.807) is 6.08 Å². The van der Waals surface area contributed by atoms with Gasteiger partial charge in [0, 0.05) is 29.0 Å². The monoisotopic (exact) mass is 826 g/mol. The quantitative estimate of drug-likeness (QED) is 0.0776. The lowest BCUT2D eigenvalue weighted by Gasteiger charge is -2.31. The first-order valence-electron chi connectivity index (χ1n) is 23.8. The molecule has 5 aromatic rings. The van der Waals surface area contributed by atoms with Crippen LogP contribution in [0.2, 0.25) is 0 Å². The van der Waals surface area contributed by atoms with Gasteiger partial charge in [-0.15, -0.1) is 6.58 Å². The van der Waals surface area contributed by atoms with E-state index in [-0.39, 0.29) is 11.3 Å². The maximum absolute atomic E-state index is 4.02. The number of hydrogen-bond donors (Lipinski definition) is 0. The van der Waals surface area contributed by atoms with Crippen molar-refractivity contribution in [2.45, 2.75) is 132 Å². The van der Waals surface area contributed by atoms with Gasteiger partial charge in [-0.1, -0.05) is 232 Å². The highest BCUT2D eigenvalue weighted by Gasteiger charge is 2.46. The molecule has 0 bridgehead atoms. The normalized spacial score (nSPS) is 17.4. The lowest BCUT2D eigenvalue weighted by Crippen LogP contribution is -2.24. The zero-order chi connectivity index (χ0) is 45.5. The van der Waals surface area contributed by atoms with Gasteiger partial charge in [-0.3, -0.25) is 0 Å². The first-order chi connectivity index (χ1) is 30.4. The van der Waals surface area contributed by atoms with Crippen LogP contribution in [0.3, 0.4) is 0 Å². The maximum atomic E-state index is 4.02. The van der Waals surface area contributed by atoms with E-state index in [1.807, 2.05) is 66.7 Å². The second-order valence-corrected chi connectivity index (χ2v) is 15.5. The number of rotatable bonds is 14. The van der Waals surface area contributed by atoms with Gasteiger partial charge in [-0.2, -0.15) is 0 Å². The Balaban J connectivity index is 0.000000848. The SMILES string of the molecule is C=C/C=C\C.C=CC/C=C(\C/C=C/C1(c2ccccc2)CC(/C=C\C=C/C)c2c1c1c(c3c(n1CC(C)c1ccccc1)C=CC3)c1ccccc21)C(C)CC.CC.CC.CC. The predicted molar refractivity (Wildman–Crippen MR) is 281 cm³/mol. The van der Waals surface area contributed by atoms with E-state index in [1.165, 1.54) is 60.8 Å². The number of benzene rings is 4. The molecule has 0 fully saturated rings. The van der Waals surface area contributed by atoms with Gasteiger partial charge in [0.1, 0.15) is 0 Å². The Morgan fingerprint density at radius 3 is 2.03 bits per heavy atom. The van der Waals surface area contributed by atoms with E-state index in [2.05, 4.69) is 185 Å². The Morgan fingerprint density at radius 2 is 1.44 bits per heavy atom. The van der Waals surface area contributed by atoms with E-state index in [0.29, 0.717) is 11.8 Å². The number of aromatic nitrogens is 1. The van der Waals surface area contributed by atoms with Crippen molar-refractivity contribution in [2.75, 3.05) is 0 Å². The smallest absolute Gasteiger partial charge is 0.0542 e. The van der Waals surface area contributed by atoms with Crippen molar-refractivity contribution in [1.82, 2.24) is 4.57 Å². The van der Waals surface area contributed by atoms with Crippen LogP contribution in [0.5, 0.6) is 0 Å². The van der Waals surface area contributed by atoms with Crippen LogP contribution in [0, 0.1) is 5.92 Å². The molecule has 4 unspecified atom stereocenters. The van der Waals surface area contributed by atoms with E-state index < -0.39 is 0 Å². The summed E-state index contributed by atoms with van der Waals surface area (Å²) in [4.78, 5) is 0. The Labute approximate surface area is 378 Å². The summed E-state index contributed by atoms with van der Waals surface area (Å²) in [7, 11) is 0. The molecule has 1 aromatic heterocycles. The van der Waals surface area contributed by atoms with Crippen LogP contribution in [-0.2, 0) is 18.4 Å². The fourth-order valence-electron chi connectivity index (χ4n) is 9.10. The molecule has 4 aromatic carbocycles. The van der Waals surface area contributed by atoms with Crippen LogP contribution in [-0.4, -0.2) is 4.57 Å². The van der Waals surface area contributed by atoms with Gasteiger partial charge in [0.2, 0.25) is 0 Å². The third kappa shape index (κ3) is 11.5. The summed E-state index contributed by atoms with van der Waals surface area (Å²) in [6.07, 6.45) is 33.9. The molecule has 0 radical (unpaired) electrons. The molecule has 0 N–H and O–H groups in total. The Morgan fingerprint density at radius 1 is 0.806 bits per heavy atom. The minimum Gasteiger partial charge on any atom is -0.340 e. The number of allylic oxidation sites excluding steroid dienone is 13. The molecule has 0 saturated heterocycles. The average Bonchev–Trinajstić information content (AvgIpc) is 4.03. The van der Waals surface area contributed by atoms with Crippen LogP contribution < -0.4 is 0 Å². The second kappa shape index (κ2) is 26.8. The van der Waals surface area contributed by atoms with E-state index in [4.69, 9.17) is 0 Å². The summed E-state index contributed by atoms with van der Waals surface area (Å²) in [5, 5.41) is 4.24. The number of nitrogens with zero attached hydrogens (tertiary/aromatic N) is 1. The lowest BCUT2D eigenvalue weighted by molar-refractivity contribution is 0.588. The summed E-state index contributed by atoms with van der Waals surface area (Å²) in [5.74, 6) is 1.17. The standard InChI is InChI=1S/C50H53N.C5H8.3C2H6/c1-6-9-13-25-40-34-50(41-27-16-12-17-28-41,33-21-26-38(22-10-7-2)36(4)8-3)48-46(40)42-29-18-19-30-43(42)47-44-31-20-32-45(44)51(49(47)48)35-37(5)39-23-14-11-15-24-39;1-3-5-4-2;3*1-2/h6-7,9,11-25,27-30,32-33,36-37,40H,2,8,10,26,31,34-35H2,1,3-5H3;3-5H,1H2,2H3;3*1-2H3/b9-6-,25-13-,33-21+,38-22+;5-4-;;;. The summed E-state index contributed by atoms with van der Waals surface area (Å²) in [5.41, 5.74) is 11.3. The van der Waals surface area contributed by atoms with Crippen molar-refractivity contribution in [3.8, 4) is 0 Å². The minimum absolute atomic E-state index is 0.265. The zero-order valence-electron chi connectivity index (χ0n) is 40.4. The molecule has 1 heterocycles. The van der Waals surface area contributed by atoms with Crippen molar-refractivity contribution < 1.29 is 0 Å². The lowest BCUT2D eigenvalue weighted by atomic mass is 9.73. The molecule has 2 aliphatic carbocycles. The van der Waals surface area contributed by atoms with E-state index in [0.717, 1.165) is 38.6 Å². The van der Waals surface area contributed by atoms with Crippen LogP contribution in [0.25, 0.3) is 27.8 Å². The topological polar surface area (TPSA) is 4.93 Å². The van der Waals surface area contributed by atoms with Gasteiger partial charge >= 0.3 is 0 Å². The third-order valence-corrected chi connectivity index (χ3v) is 12.0. The third-order valence-electron chi connectivity index (χ3n) is 12.0. The van der Waals surface area contributed by atoms with Crippen molar-refractivity contribution in [3.05, 3.63) is 210 Å². The molecule has 2 aliphatic rings. The van der Waals surface area contributed by atoms with Crippen LogP contribution >= 0.6 is 0 Å². The van der Waals surface area contributed by atoms with Gasteiger partial charge in [-0.05, 0) is 102 Å². The predicted octanol–water partition coefficient (Wildman–Crippen LogP) is 18.4. The molecule has 0 spiro atoms. The Kier molecular flexibility index (Phi) is 22.0. The van der Waals surface area contributed by atoms with Gasteiger partial charge in [0.25, 0.3) is 0 Å². The van der Waals surface area contributed by atoms with Crippen molar-refractivity contribution in [1.29, 1.82) is 0 Å². The molecular weight excluding hydrogens is 747 g/mol. The molecule has 1 nitrogen and oxygen atoms in total. The number of fused-ring (bicyclic) bond motifs is 8. The van der Waals surface area contributed by atoms with Gasteiger partial charge in [0.05, 0.1) is 5.52 Å². The van der Waals surface area contributed by atoms with E-state index in [9.17, 15) is 0 Å². The molecule has 62 heavy (non-hydrogen) atoms. The molecular formula is C61H79N. The van der Waals surface area contributed by atoms with Crippen LogP contribution in [0.15, 0.2) is 177 Å². The van der Waals surface area contributed by atoms with Crippen molar-refractivity contribution >= 4 is 27.8 Å². The highest BCUT2D eigenvalue weighted by Crippen LogP contribution is 2.58. The molecule has 0 saturated carbocycles. The highest BCUT2D eigenvalue weighted by atomic mass is 15.0. The van der Waals surface area contributed by atoms with Gasteiger partial charge in [0.15, 0.2) is 0 Å². The molecule has 7 rings (SSSR count). The van der Waals surface area contributed by atoms with Crippen molar-refractivity contribution in [2.24, 2.45) is 5.92 Å². The van der Waals surface area contributed by atoms with E-state index >= 15 is 0 Å². The molecule has 0 amide bonds. The largest absolute Gasteiger partial charge is 0.340 e. The summed E-state index contributed by atoms with van der Waals surface area (Å²) in [6, 6.07) is 31.7. The maximum Gasteiger partial charge on any atom is 0.0542 e. The number of hydrogen-bond acceptors (Lipinski definition) is 0. The minimum atomic E-state index is -0.299. The molecule has 328 valence electrons. The first-order valence-corrected chi connectivity index (χ1v) is 23.8. The Hall–Kier alpha value is -5.40. The zero-order valence-corrected chi connectivity index (χ0v) is 40.4. The summed E-state index contributed by atoms with van der Waals surface area (Å²) in [6.45, 7) is 31.5. The average molecular weight is 826 g/mol. The van der Waals surface area contributed by atoms with Crippen LogP contribution in [0.1, 0.15) is 147 Å². The second-order valence-electron chi connectivity index (χ2n) is 15.5. The highest BCUT2D eigenvalue weighted by molar-refractivity contribution is 6.14. The molecule has 4 atom stereocenters. The van der Waals surface area contributed by atoms with Crippen molar-refractivity contribution in [3.63, 3.8) is 0 Å². The molecule has 1 heteroatoms. The fraction of sp³-hybridized carbons (Fsp3) is 0.344. The molecule has 0 aliphatic heterocycles. The van der Waals surface area contributed by atoms with Gasteiger partial charge in [-0.25, -0.2) is 0 Å². The first kappa shape index (κ1) is 51.0. The summed E-state index contributed by atoms with van der Waals surface area (Å²) >= 11 is 0. The fourth-order valence-corrected chi connectivity index (χ4v) is 9.10. The van der Waals surface area contributed by atoms with Gasteiger partial charge < -0.3 is 4.57 Å². The van der Waals surface area contributed by atoms with Crippen LogP contribution in [0.4, 0.5) is 0 Å². The summed E-state index contributed by atoms with van der Waals surface area (Å²) < 4.78 is 2.72. The Bertz CT molecular complexity index is 2300.